The van der Waals surface area contributed by atoms with E-state index in [0.717, 1.165) is 38.5 Å². The first kappa shape index (κ1) is 12.0. The molecule has 0 fully saturated rings. The van der Waals surface area contributed by atoms with Crippen LogP contribution in [0.1, 0.15) is 45.4 Å². The van der Waals surface area contributed by atoms with Gasteiger partial charge in [-0.3, -0.25) is 0 Å². The number of unbranched alkanes of at least 4 members (excludes halogenated alkanes) is 4. The van der Waals surface area contributed by atoms with Gasteiger partial charge in [0.25, 0.3) is 0 Å². The molecule has 0 aromatic carbocycles. The van der Waals surface area contributed by atoms with Crippen LogP contribution in [0, 0.1) is 11.8 Å². The zero-order valence-electron chi connectivity index (χ0n) is 8.68. The van der Waals surface area contributed by atoms with Gasteiger partial charge in [-0.15, -0.1) is 11.8 Å². The second-order valence-corrected chi connectivity index (χ2v) is 2.82. The Bertz CT molecular complexity index is 176. The third kappa shape index (κ3) is 11.0. The zero-order valence-corrected chi connectivity index (χ0v) is 8.68. The minimum Gasteiger partial charge on any atom is -0.399 e. The molecule has 0 bridgehead atoms. The van der Waals surface area contributed by atoms with Crippen molar-refractivity contribution < 1.29 is 4.84 Å². The van der Waals surface area contributed by atoms with Crippen LogP contribution in [-0.4, -0.2) is 13.3 Å². The Morgan fingerprint density at radius 3 is 2.69 bits per heavy atom. The summed E-state index contributed by atoms with van der Waals surface area (Å²) in [5.74, 6) is 6.28. The number of rotatable bonds is 6. The molecule has 0 unspecified atom stereocenters. The van der Waals surface area contributed by atoms with Crippen LogP contribution in [0.15, 0.2) is 5.16 Å². The fourth-order valence-electron chi connectivity index (χ4n) is 0.878. The first-order valence-electron chi connectivity index (χ1n) is 4.92. The number of hydrogen-bond acceptors (Lipinski definition) is 2. The maximum atomic E-state index is 4.54. The molecule has 0 N–H and O–H groups in total. The highest BCUT2D eigenvalue weighted by Crippen LogP contribution is 1.97. The summed E-state index contributed by atoms with van der Waals surface area (Å²) in [5.41, 5.74) is 0. The minimum absolute atomic E-state index is 0.989. The lowest BCUT2D eigenvalue weighted by Crippen LogP contribution is -1.79. The van der Waals surface area contributed by atoms with Crippen molar-refractivity contribution in [1.29, 1.82) is 0 Å². The summed E-state index contributed by atoms with van der Waals surface area (Å²) in [6, 6.07) is 0. The molecule has 0 saturated heterocycles. The van der Waals surface area contributed by atoms with Gasteiger partial charge >= 0.3 is 0 Å². The molecule has 0 atom stereocenters. The summed E-state index contributed by atoms with van der Waals surface area (Å²) in [5, 5.41) is 3.66. The Labute approximate surface area is 81.4 Å². The predicted octanol–water partition coefficient (Wildman–Crippen LogP) is 2.98. The predicted molar refractivity (Wildman–Crippen MR) is 56.7 cm³/mol. The molecule has 0 aliphatic rings. The largest absolute Gasteiger partial charge is 0.399 e. The summed E-state index contributed by atoms with van der Waals surface area (Å²) < 4.78 is 0. The topological polar surface area (TPSA) is 21.6 Å². The maximum absolute atomic E-state index is 4.54. The molecular weight excluding hydrogens is 162 g/mol. The SMILES string of the molecule is CCCC#CCCCCC=NOC. The normalized spacial score (nSPS) is 9.69. The quantitative estimate of drug-likeness (QED) is 0.267. The average Bonchev–Trinajstić information content (AvgIpc) is 2.16. The summed E-state index contributed by atoms with van der Waals surface area (Å²) in [6.07, 6.45) is 8.31. The second-order valence-electron chi connectivity index (χ2n) is 2.82. The first-order chi connectivity index (χ1) is 6.41. The van der Waals surface area contributed by atoms with Crippen molar-refractivity contribution in [2.24, 2.45) is 5.16 Å². The standard InChI is InChI=1S/C11H19NO/c1-3-4-5-6-7-8-9-10-11-12-13-2/h11H,3-4,7-10H2,1-2H3. The first-order valence-corrected chi connectivity index (χ1v) is 4.92. The van der Waals surface area contributed by atoms with Gasteiger partial charge in [-0.2, -0.15) is 0 Å². The minimum atomic E-state index is 0.989. The number of nitrogens with zero attached hydrogens (tertiary/aromatic N) is 1. The van der Waals surface area contributed by atoms with Gasteiger partial charge in [0.05, 0.1) is 0 Å². The lowest BCUT2D eigenvalue weighted by Gasteiger charge is -1.90. The molecule has 74 valence electrons. The molecule has 2 nitrogen and oxygen atoms in total. The van der Waals surface area contributed by atoms with Crippen LogP contribution in [-0.2, 0) is 4.84 Å². The molecule has 0 aromatic heterocycles. The molecular formula is C11H19NO. The van der Waals surface area contributed by atoms with E-state index in [1.165, 1.54) is 0 Å². The van der Waals surface area contributed by atoms with E-state index in [2.05, 4.69) is 28.8 Å². The molecule has 13 heavy (non-hydrogen) atoms. The van der Waals surface area contributed by atoms with E-state index in [0.29, 0.717) is 0 Å². The van der Waals surface area contributed by atoms with Crippen molar-refractivity contribution in [2.45, 2.75) is 45.4 Å². The molecule has 0 spiro atoms. The van der Waals surface area contributed by atoms with E-state index < -0.39 is 0 Å². The van der Waals surface area contributed by atoms with Crippen molar-refractivity contribution >= 4 is 6.21 Å². The van der Waals surface area contributed by atoms with Crippen molar-refractivity contribution in [2.75, 3.05) is 7.11 Å². The average molecular weight is 181 g/mol. The van der Waals surface area contributed by atoms with E-state index >= 15 is 0 Å². The van der Waals surface area contributed by atoms with Crippen LogP contribution in [0.25, 0.3) is 0 Å². The summed E-state index contributed by atoms with van der Waals surface area (Å²) in [4.78, 5) is 4.54. The van der Waals surface area contributed by atoms with Gasteiger partial charge in [-0.1, -0.05) is 12.1 Å². The number of hydrogen-bond donors (Lipinski definition) is 0. The molecule has 0 saturated carbocycles. The number of oxime groups is 1. The van der Waals surface area contributed by atoms with Gasteiger partial charge in [0.2, 0.25) is 0 Å². The van der Waals surface area contributed by atoms with E-state index in [4.69, 9.17) is 0 Å². The Morgan fingerprint density at radius 2 is 2.00 bits per heavy atom. The molecule has 2 heteroatoms. The highest BCUT2D eigenvalue weighted by molar-refractivity contribution is 5.56. The van der Waals surface area contributed by atoms with E-state index in [-0.39, 0.29) is 0 Å². The van der Waals surface area contributed by atoms with Crippen LogP contribution in [0.4, 0.5) is 0 Å². The van der Waals surface area contributed by atoms with Crippen molar-refractivity contribution in [3.63, 3.8) is 0 Å². The van der Waals surface area contributed by atoms with Gasteiger partial charge < -0.3 is 4.84 Å². The van der Waals surface area contributed by atoms with E-state index in [1.54, 1.807) is 13.3 Å². The van der Waals surface area contributed by atoms with Crippen molar-refractivity contribution in [1.82, 2.24) is 0 Å². The lowest BCUT2D eigenvalue weighted by atomic mass is 10.2. The third-order valence-corrected chi connectivity index (χ3v) is 1.56. The van der Waals surface area contributed by atoms with Gasteiger partial charge in [0.1, 0.15) is 7.11 Å². The second kappa shape index (κ2) is 11.0. The molecule has 0 aromatic rings. The third-order valence-electron chi connectivity index (χ3n) is 1.56. The van der Waals surface area contributed by atoms with Gasteiger partial charge in [0.15, 0.2) is 0 Å². The van der Waals surface area contributed by atoms with Gasteiger partial charge in [-0.05, 0) is 25.7 Å². The fraction of sp³-hybridized carbons (Fsp3) is 0.727. The van der Waals surface area contributed by atoms with Crippen molar-refractivity contribution in [3.05, 3.63) is 0 Å². The summed E-state index contributed by atoms with van der Waals surface area (Å²) in [7, 11) is 1.56. The maximum Gasteiger partial charge on any atom is 0.106 e. The molecule has 0 rings (SSSR count). The smallest absolute Gasteiger partial charge is 0.106 e. The van der Waals surface area contributed by atoms with Crippen LogP contribution in [0.5, 0.6) is 0 Å². The van der Waals surface area contributed by atoms with Crippen LogP contribution >= 0.6 is 0 Å². The van der Waals surface area contributed by atoms with Gasteiger partial charge in [0, 0.05) is 19.1 Å². The van der Waals surface area contributed by atoms with E-state index in [1.807, 2.05) is 0 Å². The zero-order chi connectivity index (χ0) is 9.78. The highest BCUT2D eigenvalue weighted by Gasteiger charge is 1.83. The Morgan fingerprint density at radius 1 is 1.23 bits per heavy atom. The van der Waals surface area contributed by atoms with Crippen molar-refractivity contribution in [3.8, 4) is 11.8 Å². The molecule has 0 radical (unpaired) electrons. The highest BCUT2D eigenvalue weighted by atomic mass is 16.6. The molecule has 0 aliphatic carbocycles. The molecule has 0 aliphatic heterocycles. The van der Waals surface area contributed by atoms with Crippen LogP contribution in [0.3, 0.4) is 0 Å². The lowest BCUT2D eigenvalue weighted by molar-refractivity contribution is 0.214. The molecule has 0 heterocycles. The van der Waals surface area contributed by atoms with Gasteiger partial charge in [-0.25, -0.2) is 0 Å². The summed E-state index contributed by atoms with van der Waals surface area (Å²) in [6.45, 7) is 2.15. The van der Waals surface area contributed by atoms with E-state index in [9.17, 15) is 0 Å². The Kier molecular flexibility index (Phi) is 10.2. The Balaban J connectivity index is 3.09. The summed E-state index contributed by atoms with van der Waals surface area (Å²) >= 11 is 0. The van der Waals surface area contributed by atoms with Crippen LogP contribution in [0.2, 0.25) is 0 Å². The van der Waals surface area contributed by atoms with Crippen LogP contribution < -0.4 is 0 Å². The monoisotopic (exact) mass is 181 g/mol. The molecule has 0 amide bonds. The fourth-order valence-corrected chi connectivity index (χ4v) is 0.878. The Hall–Kier alpha value is -0.970.